The Morgan fingerprint density at radius 2 is 2.24 bits per heavy atom. The fraction of sp³-hybridized carbons (Fsp3) is 0.333. The predicted molar refractivity (Wildman–Crippen MR) is 71.2 cm³/mol. The molecule has 0 saturated heterocycles. The van der Waals surface area contributed by atoms with E-state index >= 15 is 0 Å². The highest BCUT2D eigenvalue weighted by Crippen LogP contribution is 2.29. The van der Waals surface area contributed by atoms with Crippen molar-refractivity contribution in [3.8, 4) is 0 Å². The minimum absolute atomic E-state index is 0.119. The lowest BCUT2D eigenvalue weighted by Crippen LogP contribution is -2.20. The summed E-state index contributed by atoms with van der Waals surface area (Å²) in [5.74, 6) is 0. The number of benzene rings is 1. The van der Waals surface area contributed by atoms with Gasteiger partial charge in [0.25, 0.3) is 5.69 Å². The van der Waals surface area contributed by atoms with Crippen LogP contribution in [-0.2, 0) is 0 Å². The first kappa shape index (κ1) is 12.1. The fourth-order valence-corrected chi connectivity index (χ4v) is 2.27. The molecule has 1 aliphatic carbocycles. The Hall–Kier alpha value is -1.36. The number of halogens is 1. The van der Waals surface area contributed by atoms with Gasteiger partial charge < -0.3 is 5.32 Å². The van der Waals surface area contributed by atoms with Gasteiger partial charge in [-0.1, -0.05) is 28.1 Å². The van der Waals surface area contributed by atoms with Crippen LogP contribution < -0.4 is 5.32 Å². The van der Waals surface area contributed by atoms with Crippen molar-refractivity contribution in [2.75, 3.05) is 5.32 Å². The highest BCUT2D eigenvalue weighted by atomic mass is 79.9. The molecule has 1 aliphatic rings. The topological polar surface area (TPSA) is 55.2 Å². The van der Waals surface area contributed by atoms with Crippen LogP contribution in [0.2, 0.25) is 0 Å². The highest BCUT2D eigenvalue weighted by Gasteiger charge is 2.17. The molecule has 0 aromatic heterocycles. The van der Waals surface area contributed by atoms with Crippen LogP contribution in [0.25, 0.3) is 0 Å². The molecular weight excluding hydrogens is 284 g/mol. The summed E-state index contributed by atoms with van der Waals surface area (Å²) in [4.78, 5) is 10.6. The van der Waals surface area contributed by atoms with Crippen molar-refractivity contribution in [3.05, 3.63) is 44.9 Å². The van der Waals surface area contributed by atoms with E-state index in [0.29, 0.717) is 11.7 Å². The zero-order chi connectivity index (χ0) is 12.3. The largest absolute Gasteiger partial charge is 0.376 e. The molecular formula is C12H13BrN2O2. The maximum absolute atomic E-state index is 10.9. The summed E-state index contributed by atoms with van der Waals surface area (Å²) in [7, 11) is 0. The minimum Gasteiger partial charge on any atom is -0.376 e. The monoisotopic (exact) mass is 296 g/mol. The maximum Gasteiger partial charge on any atom is 0.293 e. The lowest BCUT2D eigenvalue weighted by molar-refractivity contribution is -0.384. The third-order valence-electron chi connectivity index (χ3n) is 2.79. The summed E-state index contributed by atoms with van der Waals surface area (Å²) in [6.45, 7) is 0. The zero-order valence-electron chi connectivity index (χ0n) is 9.23. The number of hydrogen-bond acceptors (Lipinski definition) is 3. The Kier molecular flexibility index (Phi) is 3.78. The van der Waals surface area contributed by atoms with E-state index in [1.807, 2.05) is 6.07 Å². The zero-order valence-corrected chi connectivity index (χ0v) is 10.8. The van der Waals surface area contributed by atoms with Crippen LogP contribution in [0.1, 0.15) is 19.3 Å². The van der Waals surface area contributed by atoms with Crippen LogP contribution in [-0.4, -0.2) is 11.0 Å². The molecule has 0 amide bonds. The van der Waals surface area contributed by atoms with Gasteiger partial charge in [0.15, 0.2) is 0 Å². The molecule has 0 aliphatic heterocycles. The van der Waals surface area contributed by atoms with Gasteiger partial charge >= 0.3 is 0 Å². The van der Waals surface area contributed by atoms with Crippen LogP contribution >= 0.6 is 15.9 Å². The standard InChI is InChI=1S/C12H13BrN2O2/c13-9-6-7-11(12(8-9)15(16)17)14-10-4-2-1-3-5-10/h1-2,6-8,10,14H,3-5H2. The number of rotatable bonds is 3. The Balaban J connectivity index is 2.19. The second kappa shape index (κ2) is 5.31. The molecule has 0 saturated carbocycles. The molecule has 17 heavy (non-hydrogen) atoms. The summed E-state index contributed by atoms with van der Waals surface area (Å²) in [6, 6.07) is 5.38. The van der Waals surface area contributed by atoms with Crippen molar-refractivity contribution in [2.45, 2.75) is 25.3 Å². The molecule has 0 fully saturated rings. The second-order valence-electron chi connectivity index (χ2n) is 4.04. The third kappa shape index (κ3) is 3.06. The van der Waals surface area contributed by atoms with Gasteiger partial charge in [0.05, 0.1) is 4.92 Å². The van der Waals surface area contributed by atoms with E-state index < -0.39 is 0 Å². The highest BCUT2D eigenvalue weighted by molar-refractivity contribution is 9.10. The van der Waals surface area contributed by atoms with E-state index in [1.54, 1.807) is 6.07 Å². The van der Waals surface area contributed by atoms with E-state index in [9.17, 15) is 10.1 Å². The van der Waals surface area contributed by atoms with E-state index in [1.165, 1.54) is 6.07 Å². The lowest BCUT2D eigenvalue weighted by Gasteiger charge is -2.20. The summed E-state index contributed by atoms with van der Waals surface area (Å²) < 4.78 is 0.721. The second-order valence-corrected chi connectivity index (χ2v) is 4.96. The summed E-state index contributed by atoms with van der Waals surface area (Å²) >= 11 is 3.25. The minimum atomic E-state index is -0.355. The van der Waals surface area contributed by atoms with Gasteiger partial charge in [-0.05, 0) is 31.4 Å². The van der Waals surface area contributed by atoms with E-state index in [0.717, 1.165) is 23.7 Å². The Morgan fingerprint density at radius 3 is 2.88 bits per heavy atom. The van der Waals surface area contributed by atoms with Crippen LogP contribution in [0.15, 0.2) is 34.8 Å². The predicted octanol–water partition coefficient (Wildman–Crippen LogP) is 3.88. The average Bonchev–Trinajstić information content (AvgIpc) is 2.32. The average molecular weight is 297 g/mol. The SMILES string of the molecule is O=[N+]([O-])c1cc(Br)ccc1NC1CC=CCC1. The Labute approximate surface area is 108 Å². The van der Waals surface area contributed by atoms with Crippen molar-refractivity contribution in [1.82, 2.24) is 0 Å². The first-order valence-electron chi connectivity index (χ1n) is 5.52. The van der Waals surface area contributed by atoms with Gasteiger partial charge in [0.2, 0.25) is 0 Å². The Morgan fingerprint density at radius 1 is 1.41 bits per heavy atom. The molecule has 0 spiro atoms. The number of nitrogens with zero attached hydrogens (tertiary/aromatic N) is 1. The van der Waals surface area contributed by atoms with Gasteiger partial charge in [-0.15, -0.1) is 0 Å². The molecule has 0 radical (unpaired) electrons. The van der Waals surface area contributed by atoms with Gasteiger partial charge in [-0.25, -0.2) is 0 Å². The summed E-state index contributed by atoms with van der Waals surface area (Å²) in [5.41, 5.74) is 0.715. The number of allylic oxidation sites excluding steroid dienone is 1. The van der Waals surface area contributed by atoms with Crippen molar-refractivity contribution >= 4 is 27.3 Å². The smallest absolute Gasteiger partial charge is 0.293 e. The summed E-state index contributed by atoms with van der Waals surface area (Å²) in [5, 5.41) is 14.2. The number of hydrogen-bond donors (Lipinski definition) is 1. The van der Waals surface area contributed by atoms with E-state index in [4.69, 9.17) is 0 Å². The molecule has 0 heterocycles. The van der Waals surface area contributed by atoms with E-state index in [2.05, 4.69) is 33.4 Å². The van der Waals surface area contributed by atoms with Gasteiger partial charge in [0, 0.05) is 16.6 Å². The van der Waals surface area contributed by atoms with E-state index in [-0.39, 0.29) is 10.6 Å². The van der Waals surface area contributed by atoms with Gasteiger partial charge in [-0.3, -0.25) is 10.1 Å². The first-order chi connectivity index (χ1) is 8.16. The van der Waals surface area contributed by atoms with Crippen LogP contribution in [0.3, 0.4) is 0 Å². The molecule has 4 nitrogen and oxygen atoms in total. The van der Waals surface area contributed by atoms with Crippen LogP contribution in [0.4, 0.5) is 11.4 Å². The number of nitrogens with one attached hydrogen (secondary N) is 1. The maximum atomic E-state index is 10.9. The molecule has 1 atom stereocenters. The van der Waals surface area contributed by atoms with Gasteiger partial charge in [-0.2, -0.15) is 0 Å². The third-order valence-corrected chi connectivity index (χ3v) is 3.28. The molecule has 90 valence electrons. The molecule has 2 rings (SSSR count). The molecule has 1 unspecified atom stereocenters. The van der Waals surface area contributed by atoms with Crippen molar-refractivity contribution in [1.29, 1.82) is 0 Å². The first-order valence-corrected chi connectivity index (χ1v) is 6.31. The molecule has 5 heteroatoms. The lowest BCUT2D eigenvalue weighted by atomic mass is 10.0. The molecule has 0 bridgehead atoms. The number of anilines is 1. The molecule has 1 N–H and O–H groups in total. The fourth-order valence-electron chi connectivity index (χ4n) is 1.92. The number of nitro benzene ring substituents is 1. The normalized spacial score (nSPS) is 19.0. The van der Waals surface area contributed by atoms with Crippen molar-refractivity contribution in [2.24, 2.45) is 0 Å². The quantitative estimate of drug-likeness (QED) is 0.523. The van der Waals surface area contributed by atoms with Crippen LogP contribution in [0.5, 0.6) is 0 Å². The molecule has 1 aromatic rings. The molecule has 1 aromatic carbocycles. The van der Waals surface area contributed by atoms with Gasteiger partial charge in [0.1, 0.15) is 5.69 Å². The Bertz CT molecular complexity index is 460. The summed E-state index contributed by atoms with van der Waals surface area (Å²) in [6.07, 6.45) is 7.24. The van der Waals surface area contributed by atoms with Crippen molar-refractivity contribution < 1.29 is 4.92 Å². The van der Waals surface area contributed by atoms with Crippen molar-refractivity contribution in [3.63, 3.8) is 0 Å². The van der Waals surface area contributed by atoms with Crippen LogP contribution in [0, 0.1) is 10.1 Å². The number of nitro groups is 1.